The number of carbonyl (C=O) groups excluding carboxylic acids is 4. The van der Waals surface area contributed by atoms with Crippen molar-refractivity contribution in [2.75, 3.05) is 19.8 Å². The number of hydrogen-bond acceptors (Lipinski definition) is 16. The zero-order valence-electron chi connectivity index (χ0n) is 86.6. The lowest BCUT2D eigenvalue weighted by molar-refractivity contribution is -0.139. The van der Waals surface area contributed by atoms with Crippen LogP contribution in [0.4, 0.5) is 8.78 Å². The molecule has 4 atom stereocenters. The van der Waals surface area contributed by atoms with Crippen LogP contribution in [0, 0.1) is 27.7 Å². The Balaban J connectivity index is 0.000000128. The lowest BCUT2D eigenvalue weighted by atomic mass is 9.82. The van der Waals surface area contributed by atoms with Gasteiger partial charge in [0, 0.05) is 110 Å². The molecule has 17 nitrogen and oxygen atoms in total. The lowest BCUT2D eigenvalue weighted by Crippen LogP contribution is -2.27. The minimum atomic E-state index is -2.72. The zero-order chi connectivity index (χ0) is 104. The molecule has 1 N–H and O–H groups in total. The quantitative estimate of drug-likeness (QED) is 0.0798. The molecule has 0 radical (unpaired) electrons. The highest BCUT2D eigenvalue weighted by molar-refractivity contribution is 6.30. The Bertz CT molecular complexity index is 8230. The summed E-state index contributed by atoms with van der Waals surface area (Å²) in [6.07, 6.45) is 3.87. The largest absolute Gasteiger partial charge is 0.507 e. The van der Waals surface area contributed by atoms with Crippen molar-refractivity contribution in [2.24, 2.45) is 7.05 Å². The summed E-state index contributed by atoms with van der Waals surface area (Å²) in [5, 5.41) is 27.4. The smallest absolute Gasteiger partial charge is 0.264 e. The highest BCUT2D eigenvalue weighted by Crippen LogP contribution is 2.54. The van der Waals surface area contributed by atoms with Crippen LogP contribution in [-0.2, 0) is 64.4 Å². The van der Waals surface area contributed by atoms with Crippen LogP contribution in [0.5, 0.6) is 23.0 Å². The molecule has 7 heterocycles. The Morgan fingerprint density at radius 3 is 1.18 bits per heavy atom. The Morgan fingerprint density at radius 1 is 0.370 bits per heavy atom. The first-order chi connectivity index (χ1) is 69.5. The van der Waals surface area contributed by atoms with Crippen LogP contribution in [0.3, 0.4) is 0 Å². The number of aromatic nitrogens is 5. The number of alkyl halides is 2. The second kappa shape index (κ2) is 40.6. The Labute approximate surface area is 855 Å². The van der Waals surface area contributed by atoms with Gasteiger partial charge in [-0.05, 0) is 367 Å². The minimum absolute atomic E-state index is 0.0106. The molecule has 146 heavy (non-hydrogen) atoms. The molecule has 18 aromatic rings. The maximum Gasteiger partial charge on any atom is 0.264 e. The highest BCUT2D eigenvalue weighted by Gasteiger charge is 2.39. The number of nitrogens with zero attached hydrogens (tertiary/aromatic N) is 5. The number of aryl methyl sites for hydroxylation is 3. The summed E-state index contributed by atoms with van der Waals surface area (Å²) < 4.78 is 74.2. The fourth-order valence-electron chi connectivity index (χ4n) is 21.2. The number of fused-ring (bicyclic) bond motifs is 5. The van der Waals surface area contributed by atoms with E-state index in [4.69, 9.17) is 59.7 Å². The first-order valence-electron chi connectivity index (χ1n) is 49.8. The van der Waals surface area contributed by atoms with Crippen LogP contribution >= 0.6 is 11.6 Å². The molecular weight excluding hydrogens is 1850 g/mol. The van der Waals surface area contributed by atoms with Gasteiger partial charge in [0.25, 0.3) is 6.43 Å². The number of ketones is 4. The summed E-state index contributed by atoms with van der Waals surface area (Å²) in [6, 6.07) is 75.0. The molecule has 0 saturated carbocycles. The molecule has 3 aliphatic rings. The number of phenols is 1. The van der Waals surface area contributed by atoms with Gasteiger partial charge in [-0.15, -0.1) is 0 Å². The SMILES string of the molecule is CC(=O)[C@@H](OC(C)(C)C)c1c(C)c(C(F)F)c2ccccc2c1-c1ccc2c3c(ccnc13)CCO2.CC(=O)[C@@H](OC(C)(C)C)c1c(C)c(O)c2ccccc2c1-c1ccc2c3c(ccnc13)CCO2.CC(=O)[C@@H](OC(C)(C)C)c1c(C)cc2ccc(-c3cccc(-c4ccc5c(cnn5C)c4)c3)cc2c1-c1ccc(Cl)cc1.CC(=O)[C@@H](OC(C)(C)C)c1c(C)cc2ccccc2c1-c1ccc2c3c(ccnc13)CCO2. The Hall–Kier alpha value is -14.3. The van der Waals surface area contributed by atoms with Gasteiger partial charge in [0.2, 0.25) is 0 Å². The number of carbonyl (C=O) groups is 4. The van der Waals surface area contributed by atoms with Crippen molar-refractivity contribution >= 4 is 121 Å². The third-order valence-electron chi connectivity index (χ3n) is 27.3. The number of halogens is 3. The number of ether oxygens (including phenoxy) is 7. The number of Topliss-reactive ketones (excluding diaryl/α,β-unsaturated/α-hetero) is 4. The van der Waals surface area contributed by atoms with Crippen LogP contribution in [0.2, 0.25) is 5.02 Å². The molecule has 0 aliphatic carbocycles. The van der Waals surface area contributed by atoms with E-state index in [0.29, 0.717) is 63.4 Å². The van der Waals surface area contributed by atoms with Gasteiger partial charge < -0.3 is 38.3 Å². The van der Waals surface area contributed by atoms with Crippen LogP contribution in [-0.4, -0.2) is 95.2 Å². The third-order valence-corrected chi connectivity index (χ3v) is 27.5. The van der Waals surface area contributed by atoms with E-state index in [0.717, 1.165) is 201 Å². The van der Waals surface area contributed by atoms with Gasteiger partial charge in [0.15, 0.2) is 23.1 Å². The second-order valence-corrected chi connectivity index (χ2v) is 42.8. The molecule has 4 aromatic heterocycles. The van der Waals surface area contributed by atoms with E-state index < -0.39 is 53.2 Å². The molecule has 0 saturated heterocycles. The summed E-state index contributed by atoms with van der Waals surface area (Å²) in [4.78, 5) is 66.4. The number of pyridine rings is 3. The van der Waals surface area contributed by atoms with E-state index in [2.05, 4.69) is 116 Å². The van der Waals surface area contributed by atoms with E-state index in [1.807, 2.05) is 236 Å². The van der Waals surface area contributed by atoms with Crippen LogP contribution in [0.25, 0.3) is 153 Å². The van der Waals surface area contributed by atoms with Crippen LogP contribution in [0.1, 0.15) is 208 Å². The molecule has 0 unspecified atom stereocenters. The molecular formula is C126H122ClF2N5O12. The summed E-state index contributed by atoms with van der Waals surface area (Å²) in [5.74, 6) is 2.21. The Kier molecular flexibility index (Phi) is 28.3. The number of hydrogen-bond donors (Lipinski definition) is 1. The van der Waals surface area contributed by atoms with E-state index in [1.54, 1.807) is 39.1 Å². The van der Waals surface area contributed by atoms with Crippen molar-refractivity contribution in [3.05, 3.63) is 321 Å². The van der Waals surface area contributed by atoms with Crippen molar-refractivity contribution < 1.29 is 66.2 Å². The number of benzene rings is 14. The molecule has 0 bridgehead atoms. The summed E-state index contributed by atoms with van der Waals surface area (Å²) >= 11 is 6.31. The molecule has 0 amide bonds. The average molecular weight is 1970 g/mol. The number of phenolic OH excluding ortho intramolecular Hbond substituents is 1. The van der Waals surface area contributed by atoms with Gasteiger partial charge >= 0.3 is 0 Å². The van der Waals surface area contributed by atoms with Crippen LogP contribution in [0.15, 0.2) is 249 Å². The zero-order valence-corrected chi connectivity index (χ0v) is 87.4. The normalized spacial score (nSPS) is 13.8. The van der Waals surface area contributed by atoms with E-state index >= 15 is 0 Å². The minimum Gasteiger partial charge on any atom is -0.507 e. The van der Waals surface area contributed by atoms with Crippen molar-refractivity contribution in [3.63, 3.8) is 0 Å². The molecule has 3 aliphatic heterocycles. The van der Waals surface area contributed by atoms with Gasteiger partial charge in [-0.25, -0.2) is 8.78 Å². The van der Waals surface area contributed by atoms with Gasteiger partial charge in [-0.1, -0.05) is 145 Å². The fraction of sp³-hybridized carbons (Fsp3) is 0.286. The molecule has 0 fully saturated rings. The van der Waals surface area contributed by atoms with Gasteiger partial charge in [0.1, 0.15) is 47.4 Å². The summed E-state index contributed by atoms with van der Waals surface area (Å²) in [5.41, 5.74) is 22.5. The molecule has 20 heteroatoms. The number of aromatic hydroxyl groups is 1. The van der Waals surface area contributed by atoms with Crippen molar-refractivity contribution in [1.29, 1.82) is 0 Å². The topological polar surface area (TPSA) is 210 Å². The molecule has 744 valence electrons. The maximum absolute atomic E-state index is 14.5. The van der Waals surface area contributed by atoms with Gasteiger partial charge in [0.05, 0.1) is 70.5 Å². The third kappa shape index (κ3) is 20.4. The van der Waals surface area contributed by atoms with Crippen molar-refractivity contribution in [3.8, 4) is 89.8 Å². The average Bonchev–Trinajstić information content (AvgIpc) is 0.823. The monoisotopic (exact) mass is 1970 g/mol. The summed E-state index contributed by atoms with van der Waals surface area (Å²) in [6.45, 7) is 39.0. The summed E-state index contributed by atoms with van der Waals surface area (Å²) in [7, 11) is 1.96. The van der Waals surface area contributed by atoms with Crippen LogP contribution < -0.4 is 14.2 Å². The highest BCUT2D eigenvalue weighted by atomic mass is 35.5. The van der Waals surface area contributed by atoms with E-state index in [-0.39, 0.29) is 34.4 Å². The second-order valence-electron chi connectivity index (χ2n) is 42.3. The standard InChI is InChI=1S/C38H35ClN2O2.C30H29F2NO3.C29H29NO4.C29H29NO3/c1-23-18-30-11-10-29(27-9-7-8-26(19-27)28-14-17-34-31(20-28)22-40-41(34)6)21-33(30)36(25-12-15-32(39)16-13-25)35(23)37(24(2)42)43-38(3,4)5;1-16-23(29(31)32)19-8-6-7-9-20(19)26(24(16)28(17(2)34)36-30(3,4)5)21-10-11-22-25-18(13-15-35-22)12-14-33-27(21)25;1-16-23(28(17(2)31)34-29(3,4)5)25(19-8-6-7-9-20(19)27(16)32)21-10-11-22-24-18(13-15-33-22)12-14-30-26(21)24;1-17-16-20-8-6-7-9-21(20)26(24(17)28(18(2)31)33-29(3,4)5)22-10-11-23-25-19(13-15-32-23)12-14-30-27(22)25/h7-22,37H,1-6H3;6-12,14,28-29H,13,15H2,1-5H3;6-12,14,28,32H,13,15H2,1-5H3;6-12,14,16,28H,13,15H2,1-5H3/t37-;3*28-/m1111/s1. The van der Waals surface area contributed by atoms with E-state index in [9.17, 15) is 33.1 Å². The molecule has 0 spiro atoms. The molecule has 21 rings (SSSR count). The maximum atomic E-state index is 14.5. The predicted octanol–water partition coefficient (Wildman–Crippen LogP) is 31.0. The van der Waals surface area contributed by atoms with E-state index in [1.165, 1.54) is 25.0 Å². The predicted molar refractivity (Wildman–Crippen MR) is 584 cm³/mol. The first-order valence-corrected chi connectivity index (χ1v) is 50.2. The lowest BCUT2D eigenvalue weighted by Gasteiger charge is -2.31. The Morgan fingerprint density at radius 2 is 0.740 bits per heavy atom. The van der Waals surface area contributed by atoms with Crippen molar-refractivity contribution in [2.45, 2.75) is 211 Å². The number of rotatable bonds is 19. The first kappa shape index (κ1) is 102. The molecule has 14 aromatic carbocycles. The van der Waals surface area contributed by atoms with Gasteiger partial charge in [-0.3, -0.25) is 38.8 Å². The van der Waals surface area contributed by atoms with Gasteiger partial charge in [-0.2, -0.15) is 5.10 Å². The fourth-order valence-corrected chi connectivity index (χ4v) is 21.3. The van der Waals surface area contributed by atoms with Crippen molar-refractivity contribution in [1.82, 2.24) is 24.7 Å².